The van der Waals surface area contributed by atoms with Crippen LogP contribution in [0.3, 0.4) is 0 Å². The Balaban J connectivity index is 1.25. The topological polar surface area (TPSA) is 368 Å². The number of nitrogens with one attached hydrogen (secondary N) is 8. The number of nitrogens with two attached hydrogens (primary N) is 1. The second-order valence-electron chi connectivity index (χ2n) is 18.4. The van der Waals surface area contributed by atoms with Crippen LogP contribution < -0.4 is 48.3 Å². The lowest BCUT2D eigenvalue weighted by atomic mass is 10.1. The number of phenolic OH excluding ortho intramolecular Hbond substituents is 4. The summed E-state index contributed by atoms with van der Waals surface area (Å²) in [4.78, 5) is 113. The molecule has 0 saturated heterocycles. The molecule has 26 heteroatoms. The number of carbonyl (C=O) groups excluding carboxylic acids is 8. The number of phenols is 4. The van der Waals surface area contributed by atoms with E-state index in [9.17, 15) is 58.8 Å². The smallest absolute Gasteiger partial charge is 0.255 e. The summed E-state index contributed by atoms with van der Waals surface area (Å²) in [6, 6.07) is 16.7. The minimum atomic E-state index is -0.699. The van der Waals surface area contributed by atoms with E-state index < -0.39 is 70.3 Å². The van der Waals surface area contributed by atoms with Crippen LogP contribution in [0.5, 0.6) is 23.0 Å². The molecule has 0 aliphatic carbocycles. The summed E-state index contributed by atoms with van der Waals surface area (Å²) in [5.41, 5.74) is 4.12. The van der Waals surface area contributed by atoms with Gasteiger partial charge in [-0.15, -0.1) is 0 Å². The highest BCUT2D eigenvalue weighted by Gasteiger charge is 2.24. The SMILES string of the molecule is NCCOCCOCCNC(=O)c1cccc(C(=O)NCCN2CCNC(=O)c3cccc(c3O)C(=O)NCCN3CCNC(=O)c4cccc(c4O)C(=O)NCCN(CCNC(=O)c4cccc(c4O)C(=O)NCC3)CC2)c1O. The molecule has 0 aromatic heterocycles. The Bertz CT molecular complexity index is 2750. The second kappa shape index (κ2) is 31.3. The van der Waals surface area contributed by atoms with Crippen molar-refractivity contribution >= 4 is 47.3 Å². The van der Waals surface area contributed by atoms with E-state index in [1.54, 1.807) is 4.90 Å². The Morgan fingerprint density at radius 2 is 0.750 bits per heavy atom. The molecule has 430 valence electrons. The van der Waals surface area contributed by atoms with Crippen molar-refractivity contribution < 1.29 is 68.3 Å². The number of fused-ring (bicyclic) bond motifs is 21. The van der Waals surface area contributed by atoms with Gasteiger partial charge < -0.3 is 78.2 Å². The number of para-hydroxylation sites is 4. The van der Waals surface area contributed by atoms with Crippen molar-refractivity contribution in [2.75, 3.05) is 144 Å². The lowest BCUT2D eigenvalue weighted by Gasteiger charge is -2.28. The predicted molar refractivity (Wildman–Crippen MR) is 291 cm³/mol. The first-order valence-electron chi connectivity index (χ1n) is 26.2. The third kappa shape index (κ3) is 17.6. The highest BCUT2D eigenvalue weighted by Crippen LogP contribution is 2.26. The number of hydrogen-bond donors (Lipinski definition) is 13. The molecule has 3 aliphatic heterocycles. The maximum atomic E-state index is 13.6. The van der Waals surface area contributed by atoms with E-state index in [0.29, 0.717) is 26.4 Å². The molecule has 8 amide bonds. The van der Waals surface area contributed by atoms with Gasteiger partial charge in [0, 0.05) is 118 Å². The van der Waals surface area contributed by atoms with Crippen LogP contribution >= 0.6 is 0 Å². The minimum Gasteiger partial charge on any atom is -0.506 e. The van der Waals surface area contributed by atoms with Gasteiger partial charge in [0.25, 0.3) is 47.3 Å². The highest BCUT2D eigenvalue weighted by atomic mass is 16.5. The van der Waals surface area contributed by atoms with Crippen molar-refractivity contribution in [1.82, 2.24) is 57.2 Å². The number of ether oxygens (including phenoxy) is 2. The molecule has 4 aromatic rings. The molecule has 3 aliphatic rings. The van der Waals surface area contributed by atoms with Crippen LogP contribution in [-0.4, -0.2) is 227 Å². The van der Waals surface area contributed by atoms with E-state index in [4.69, 9.17) is 15.2 Å². The Labute approximate surface area is 461 Å². The van der Waals surface area contributed by atoms with Crippen LogP contribution in [0.25, 0.3) is 0 Å². The van der Waals surface area contributed by atoms with Crippen LogP contribution in [0.1, 0.15) is 82.9 Å². The van der Waals surface area contributed by atoms with Crippen LogP contribution in [-0.2, 0) is 9.47 Å². The number of aromatic hydroxyl groups is 4. The fraction of sp³-hybridized carbons (Fsp3) is 0.407. The molecule has 8 bridgehead atoms. The van der Waals surface area contributed by atoms with E-state index in [-0.39, 0.29) is 162 Å². The number of nitrogens with zero attached hydrogens (tertiary/aromatic N) is 3. The molecule has 0 saturated carbocycles. The molecule has 80 heavy (non-hydrogen) atoms. The standard InChI is InChI=1S/C54H70N12O14/c55-13-31-79-33-34-80-32-21-63-54(78)42-12-4-11-41(46(42)70)53(77)62-20-28-66-27-19-61-52(76)40-10-3-7-37(45(40)69)49(73)58-16-24-64-22-14-56-47(71)35-5-1-8-38(43(35)67)50(74)59-17-25-65(29-30-66)26-18-60-51(75)39-9-2-6-36(44(39)68)48(72)57-15-23-64/h1-12,67-70H,13-34,55H2,(H,56,71)(H,57,72)(H,58,73)(H,59,74)(H,60,75)(H,61,76)(H,62,77)(H,63,78). The molecule has 0 atom stereocenters. The lowest BCUT2D eigenvalue weighted by Crippen LogP contribution is -2.46. The monoisotopic (exact) mass is 1110 g/mol. The number of hydrogen-bond acceptors (Lipinski definition) is 18. The molecule has 0 radical (unpaired) electrons. The lowest BCUT2D eigenvalue weighted by molar-refractivity contribution is 0.0511. The highest BCUT2D eigenvalue weighted by molar-refractivity contribution is 6.06. The normalized spacial score (nSPS) is 17.9. The number of rotatable bonds is 13. The zero-order valence-corrected chi connectivity index (χ0v) is 44.3. The zero-order chi connectivity index (χ0) is 57.4. The Morgan fingerprint density at radius 1 is 0.425 bits per heavy atom. The average Bonchev–Trinajstić information content (AvgIpc) is 3.46. The predicted octanol–water partition coefficient (Wildman–Crippen LogP) is -1.63. The van der Waals surface area contributed by atoms with Crippen molar-refractivity contribution in [2.24, 2.45) is 5.73 Å². The van der Waals surface area contributed by atoms with Crippen molar-refractivity contribution in [1.29, 1.82) is 0 Å². The summed E-state index contributed by atoms with van der Waals surface area (Å²) in [5, 5.41) is 66.7. The first-order chi connectivity index (χ1) is 38.7. The summed E-state index contributed by atoms with van der Waals surface area (Å²) < 4.78 is 10.7. The number of carbonyl (C=O) groups is 8. The van der Waals surface area contributed by atoms with Gasteiger partial charge in [-0.05, 0) is 48.5 Å². The third-order valence-electron chi connectivity index (χ3n) is 13.0. The molecule has 4 aromatic carbocycles. The summed E-state index contributed by atoms with van der Waals surface area (Å²) in [6.07, 6.45) is 0. The van der Waals surface area contributed by atoms with E-state index in [1.807, 2.05) is 9.80 Å². The summed E-state index contributed by atoms with van der Waals surface area (Å²) in [5.74, 6) is -7.59. The van der Waals surface area contributed by atoms with Crippen LogP contribution in [0.15, 0.2) is 72.8 Å². The largest absolute Gasteiger partial charge is 0.506 e. The first kappa shape index (κ1) is 60.8. The third-order valence-corrected chi connectivity index (χ3v) is 13.0. The molecule has 14 N–H and O–H groups in total. The maximum Gasteiger partial charge on any atom is 0.255 e. The summed E-state index contributed by atoms with van der Waals surface area (Å²) >= 11 is 0. The van der Waals surface area contributed by atoms with Crippen molar-refractivity contribution in [2.45, 2.75) is 0 Å². The zero-order valence-electron chi connectivity index (χ0n) is 44.3. The van der Waals surface area contributed by atoms with Crippen LogP contribution in [0.4, 0.5) is 0 Å². The first-order valence-corrected chi connectivity index (χ1v) is 26.2. The van der Waals surface area contributed by atoms with E-state index in [1.165, 1.54) is 72.8 Å². The van der Waals surface area contributed by atoms with Crippen molar-refractivity contribution in [3.05, 3.63) is 117 Å². The van der Waals surface area contributed by atoms with Crippen molar-refractivity contribution in [3.8, 4) is 23.0 Å². The maximum absolute atomic E-state index is 13.6. The molecular formula is C54H70N12O14. The van der Waals surface area contributed by atoms with Gasteiger partial charge in [-0.2, -0.15) is 0 Å². The summed E-state index contributed by atoms with van der Waals surface area (Å²) in [6.45, 7) is 3.38. The number of benzene rings is 4. The van der Waals surface area contributed by atoms with Gasteiger partial charge in [0.15, 0.2) is 0 Å². The molecular weight excluding hydrogens is 1040 g/mol. The van der Waals surface area contributed by atoms with E-state index in [2.05, 4.69) is 42.5 Å². The minimum absolute atomic E-state index is 0.00203. The Morgan fingerprint density at radius 3 is 1.12 bits per heavy atom. The molecule has 7 rings (SSSR count). The molecule has 26 nitrogen and oxygen atoms in total. The molecule has 0 spiro atoms. The molecule has 3 heterocycles. The van der Waals surface area contributed by atoms with Gasteiger partial charge in [-0.3, -0.25) is 53.1 Å². The Kier molecular flexibility index (Phi) is 23.8. The average molecular weight is 1110 g/mol. The number of amides is 8. The molecule has 0 fully saturated rings. The van der Waals surface area contributed by atoms with Gasteiger partial charge in [0.1, 0.15) is 23.0 Å². The van der Waals surface area contributed by atoms with Gasteiger partial charge in [0.2, 0.25) is 0 Å². The van der Waals surface area contributed by atoms with Gasteiger partial charge >= 0.3 is 0 Å². The van der Waals surface area contributed by atoms with Gasteiger partial charge in [0.05, 0.1) is 70.9 Å². The fourth-order valence-corrected chi connectivity index (χ4v) is 8.63. The van der Waals surface area contributed by atoms with Gasteiger partial charge in [-0.25, -0.2) is 0 Å². The second-order valence-corrected chi connectivity index (χ2v) is 18.4. The summed E-state index contributed by atoms with van der Waals surface area (Å²) in [7, 11) is 0. The Hall–Kier alpha value is -8.40. The van der Waals surface area contributed by atoms with E-state index >= 15 is 0 Å². The van der Waals surface area contributed by atoms with Crippen LogP contribution in [0, 0.1) is 0 Å². The van der Waals surface area contributed by atoms with E-state index in [0.717, 1.165) is 0 Å². The van der Waals surface area contributed by atoms with Crippen LogP contribution in [0.2, 0.25) is 0 Å². The van der Waals surface area contributed by atoms with Gasteiger partial charge in [-0.1, -0.05) is 24.3 Å². The molecule has 0 unspecified atom stereocenters. The fourth-order valence-electron chi connectivity index (χ4n) is 8.63. The quantitative estimate of drug-likeness (QED) is 0.0669. The van der Waals surface area contributed by atoms with Crippen molar-refractivity contribution in [3.63, 3.8) is 0 Å².